The van der Waals surface area contributed by atoms with Crippen molar-refractivity contribution in [3.8, 4) is 0 Å². The summed E-state index contributed by atoms with van der Waals surface area (Å²) >= 11 is 0. The Balaban J connectivity index is 2.66. The molecule has 1 rings (SSSR count). The third-order valence-electron chi connectivity index (χ3n) is 4.12. The highest BCUT2D eigenvalue weighted by Gasteiger charge is 2.35. The second-order valence-corrected chi connectivity index (χ2v) is 8.80. The van der Waals surface area contributed by atoms with Crippen LogP contribution in [0.5, 0.6) is 0 Å². The number of hydrogen-bond acceptors (Lipinski definition) is 4. The molecule has 21 heavy (non-hydrogen) atoms. The third kappa shape index (κ3) is 4.66. The van der Waals surface area contributed by atoms with Gasteiger partial charge in [0.25, 0.3) is 0 Å². The summed E-state index contributed by atoms with van der Waals surface area (Å²) in [7, 11) is -3.19. The Hall–Kier alpha value is -0.660. The highest BCUT2D eigenvalue weighted by molar-refractivity contribution is 7.88. The molecule has 1 heterocycles. The molecule has 0 saturated carbocycles. The average molecular weight is 319 g/mol. The van der Waals surface area contributed by atoms with Crippen LogP contribution in [-0.2, 0) is 14.8 Å². The standard InChI is InChI=1S/C14H29N3O3S/c1-6-17(21(5,19)20)11-7-9-16(10-8-11)13(18)12(15)14(2,3)4/h11-12H,6-10,15H2,1-5H3/t12-/m1/s1. The maximum atomic E-state index is 12.4. The highest BCUT2D eigenvalue weighted by atomic mass is 32.2. The number of sulfonamides is 1. The monoisotopic (exact) mass is 319 g/mol. The Bertz CT molecular complexity index is 462. The zero-order valence-corrected chi connectivity index (χ0v) is 14.6. The lowest BCUT2D eigenvalue weighted by atomic mass is 9.86. The van der Waals surface area contributed by atoms with Crippen LogP contribution in [0.2, 0.25) is 0 Å². The zero-order chi connectivity index (χ0) is 16.4. The number of rotatable bonds is 4. The highest BCUT2D eigenvalue weighted by Crippen LogP contribution is 2.23. The maximum Gasteiger partial charge on any atom is 0.240 e. The molecule has 1 fully saturated rings. The molecule has 0 radical (unpaired) electrons. The molecule has 0 aromatic rings. The lowest BCUT2D eigenvalue weighted by Gasteiger charge is -2.39. The van der Waals surface area contributed by atoms with E-state index in [1.54, 1.807) is 4.90 Å². The van der Waals surface area contributed by atoms with Gasteiger partial charge in [0.1, 0.15) is 0 Å². The summed E-state index contributed by atoms with van der Waals surface area (Å²) in [6.07, 6.45) is 2.58. The van der Waals surface area contributed by atoms with Crippen molar-refractivity contribution in [1.82, 2.24) is 9.21 Å². The third-order valence-corrected chi connectivity index (χ3v) is 5.53. The molecule has 0 aliphatic carbocycles. The fourth-order valence-corrected chi connectivity index (χ4v) is 3.93. The Morgan fingerprint density at radius 3 is 2.14 bits per heavy atom. The average Bonchev–Trinajstić information content (AvgIpc) is 2.36. The molecule has 124 valence electrons. The van der Waals surface area contributed by atoms with Gasteiger partial charge in [-0.1, -0.05) is 27.7 Å². The maximum absolute atomic E-state index is 12.4. The number of carbonyl (C=O) groups excluding carboxylic acids is 1. The number of nitrogens with two attached hydrogens (primary N) is 1. The van der Waals surface area contributed by atoms with E-state index < -0.39 is 16.1 Å². The second-order valence-electron chi connectivity index (χ2n) is 6.87. The summed E-state index contributed by atoms with van der Waals surface area (Å²) in [6.45, 7) is 9.30. The quantitative estimate of drug-likeness (QED) is 0.824. The van der Waals surface area contributed by atoms with Crippen LogP contribution in [0.15, 0.2) is 0 Å². The molecule has 1 aliphatic heterocycles. The van der Waals surface area contributed by atoms with Gasteiger partial charge in [-0.3, -0.25) is 4.79 Å². The van der Waals surface area contributed by atoms with Crippen LogP contribution >= 0.6 is 0 Å². The van der Waals surface area contributed by atoms with Crippen molar-refractivity contribution >= 4 is 15.9 Å². The van der Waals surface area contributed by atoms with E-state index >= 15 is 0 Å². The van der Waals surface area contributed by atoms with Gasteiger partial charge in [-0.25, -0.2) is 8.42 Å². The molecule has 6 nitrogen and oxygen atoms in total. The van der Waals surface area contributed by atoms with Gasteiger partial charge in [-0.15, -0.1) is 0 Å². The number of likely N-dealkylation sites (tertiary alicyclic amines) is 1. The first-order valence-corrected chi connectivity index (χ1v) is 9.34. The molecule has 0 unspecified atom stereocenters. The van der Waals surface area contributed by atoms with Crippen molar-refractivity contribution < 1.29 is 13.2 Å². The Morgan fingerprint density at radius 2 is 1.81 bits per heavy atom. The second kappa shape index (κ2) is 6.62. The normalized spacial score (nSPS) is 19.9. The van der Waals surface area contributed by atoms with E-state index in [4.69, 9.17) is 5.73 Å². The Labute approximate surface area is 128 Å². The van der Waals surface area contributed by atoms with E-state index in [2.05, 4.69) is 0 Å². The molecular weight excluding hydrogens is 290 g/mol. The van der Waals surface area contributed by atoms with Crippen LogP contribution < -0.4 is 5.73 Å². The van der Waals surface area contributed by atoms with Gasteiger partial charge < -0.3 is 10.6 Å². The van der Waals surface area contributed by atoms with Gasteiger partial charge in [-0.2, -0.15) is 4.31 Å². The van der Waals surface area contributed by atoms with Gasteiger partial charge in [-0.05, 0) is 18.3 Å². The van der Waals surface area contributed by atoms with Crippen molar-refractivity contribution in [3.63, 3.8) is 0 Å². The lowest BCUT2D eigenvalue weighted by Crippen LogP contribution is -2.54. The molecule has 2 N–H and O–H groups in total. The molecule has 0 bridgehead atoms. The van der Waals surface area contributed by atoms with Crippen molar-refractivity contribution in [2.24, 2.45) is 11.1 Å². The molecule has 0 spiro atoms. The number of nitrogens with zero attached hydrogens (tertiary/aromatic N) is 2. The predicted octanol–water partition coefficient (Wildman–Crippen LogP) is 0.632. The molecule has 1 atom stereocenters. The van der Waals surface area contributed by atoms with Crippen LogP contribution in [0.1, 0.15) is 40.5 Å². The number of carbonyl (C=O) groups is 1. The van der Waals surface area contributed by atoms with E-state index in [0.29, 0.717) is 32.5 Å². The number of piperidine rings is 1. The van der Waals surface area contributed by atoms with Gasteiger partial charge in [0.05, 0.1) is 12.3 Å². The topological polar surface area (TPSA) is 83.7 Å². The largest absolute Gasteiger partial charge is 0.341 e. The summed E-state index contributed by atoms with van der Waals surface area (Å²) in [4.78, 5) is 14.1. The van der Waals surface area contributed by atoms with Crippen LogP contribution in [0.4, 0.5) is 0 Å². The summed E-state index contributed by atoms with van der Waals surface area (Å²) in [5, 5.41) is 0. The number of amides is 1. The predicted molar refractivity (Wildman–Crippen MR) is 84.3 cm³/mol. The van der Waals surface area contributed by atoms with Gasteiger partial charge in [0, 0.05) is 25.7 Å². The van der Waals surface area contributed by atoms with Crippen molar-refractivity contribution in [3.05, 3.63) is 0 Å². The fraction of sp³-hybridized carbons (Fsp3) is 0.929. The molecule has 7 heteroatoms. The van der Waals surface area contributed by atoms with Crippen LogP contribution in [0, 0.1) is 5.41 Å². The van der Waals surface area contributed by atoms with Crippen molar-refractivity contribution in [2.45, 2.75) is 52.6 Å². The molecule has 0 aromatic carbocycles. The molecular formula is C14H29N3O3S. The first-order valence-electron chi connectivity index (χ1n) is 7.49. The molecule has 0 aromatic heterocycles. The Morgan fingerprint density at radius 1 is 1.33 bits per heavy atom. The van der Waals surface area contributed by atoms with Crippen LogP contribution in [0.25, 0.3) is 0 Å². The van der Waals surface area contributed by atoms with Gasteiger partial charge in [0.15, 0.2) is 0 Å². The van der Waals surface area contributed by atoms with E-state index in [1.807, 2.05) is 27.7 Å². The molecule has 1 aliphatic rings. The minimum Gasteiger partial charge on any atom is -0.341 e. The van der Waals surface area contributed by atoms with Gasteiger partial charge in [0.2, 0.25) is 15.9 Å². The van der Waals surface area contributed by atoms with E-state index in [0.717, 1.165) is 0 Å². The van der Waals surface area contributed by atoms with Crippen LogP contribution in [-0.4, -0.2) is 61.5 Å². The van der Waals surface area contributed by atoms with E-state index in [-0.39, 0.29) is 17.4 Å². The Kier molecular flexibility index (Phi) is 5.80. The first kappa shape index (κ1) is 18.4. The van der Waals surface area contributed by atoms with Crippen molar-refractivity contribution in [1.29, 1.82) is 0 Å². The van der Waals surface area contributed by atoms with Gasteiger partial charge >= 0.3 is 0 Å². The van der Waals surface area contributed by atoms with Crippen LogP contribution in [0.3, 0.4) is 0 Å². The summed E-state index contributed by atoms with van der Waals surface area (Å²) in [5.74, 6) is -0.0386. The minimum absolute atomic E-state index is 0.0140. The lowest BCUT2D eigenvalue weighted by molar-refractivity contribution is -0.136. The molecule has 1 amide bonds. The van der Waals surface area contributed by atoms with E-state index in [9.17, 15) is 13.2 Å². The summed E-state index contributed by atoms with van der Waals surface area (Å²) in [5.41, 5.74) is 5.75. The SMILES string of the molecule is CCN(C1CCN(C(=O)[C@@H](N)C(C)(C)C)CC1)S(C)(=O)=O. The summed E-state index contributed by atoms with van der Waals surface area (Å²) in [6, 6.07) is -0.536. The van der Waals surface area contributed by atoms with E-state index in [1.165, 1.54) is 10.6 Å². The smallest absolute Gasteiger partial charge is 0.240 e. The van der Waals surface area contributed by atoms with Crippen molar-refractivity contribution in [2.75, 3.05) is 25.9 Å². The fourth-order valence-electron chi connectivity index (χ4n) is 2.70. The minimum atomic E-state index is -3.19. The zero-order valence-electron chi connectivity index (χ0n) is 13.8. The molecule has 1 saturated heterocycles. The number of hydrogen-bond donors (Lipinski definition) is 1. The first-order chi connectivity index (χ1) is 9.48. The summed E-state index contributed by atoms with van der Waals surface area (Å²) < 4.78 is 25.0.